The van der Waals surface area contributed by atoms with Crippen molar-refractivity contribution in [3.05, 3.63) is 0 Å². The Morgan fingerprint density at radius 3 is 2.00 bits per heavy atom. The lowest BCUT2D eigenvalue weighted by Gasteiger charge is -2.27. The van der Waals surface area contributed by atoms with Crippen molar-refractivity contribution in [2.24, 2.45) is 17.8 Å². The maximum atomic E-state index is 6.27. The van der Waals surface area contributed by atoms with E-state index in [2.05, 4.69) is 34.6 Å². The van der Waals surface area contributed by atoms with Gasteiger partial charge in [0.05, 0.1) is 0 Å². The molecule has 0 nitrogen and oxygen atoms in total. The van der Waals surface area contributed by atoms with Gasteiger partial charge in [-0.1, -0.05) is 53.4 Å². The first-order chi connectivity index (χ1) is 7.02. The highest BCUT2D eigenvalue weighted by atomic mass is 35.5. The first-order valence-corrected chi connectivity index (χ1v) is 7.10. The molecule has 3 unspecified atom stereocenters. The molecule has 0 saturated carbocycles. The Bertz CT molecular complexity index is 132. The molecule has 0 spiro atoms. The van der Waals surface area contributed by atoms with Crippen LogP contribution in [0.3, 0.4) is 0 Å². The van der Waals surface area contributed by atoms with Crippen LogP contribution in [0.4, 0.5) is 0 Å². The van der Waals surface area contributed by atoms with Gasteiger partial charge in [-0.15, -0.1) is 11.6 Å². The highest BCUT2D eigenvalue weighted by molar-refractivity contribution is 6.20. The Morgan fingerprint density at radius 2 is 1.67 bits per heavy atom. The van der Waals surface area contributed by atoms with Gasteiger partial charge in [-0.05, 0) is 31.1 Å². The Morgan fingerprint density at radius 1 is 1.07 bits per heavy atom. The first-order valence-electron chi connectivity index (χ1n) is 6.66. The Balaban J connectivity index is 4.10. The van der Waals surface area contributed by atoms with Crippen LogP contribution in [0.25, 0.3) is 0 Å². The molecule has 0 rings (SSSR count). The van der Waals surface area contributed by atoms with Gasteiger partial charge in [-0.3, -0.25) is 0 Å². The van der Waals surface area contributed by atoms with Gasteiger partial charge >= 0.3 is 0 Å². The predicted octanol–water partition coefficient (Wildman–Crippen LogP) is 5.49. The summed E-state index contributed by atoms with van der Waals surface area (Å²) < 4.78 is 0. The maximum Gasteiger partial charge on any atom is 0.0338 e. The number of rotatable bonds is 8. The van der Waals surface area contributed by atoms with Crippen LogP contribution < -0.4 is 0 Å². The molecule has 0 amide bonds. The highest BCUT2D eigenvalue weighted by Crippen LogP contribution is 2.30. The van der Waals surface area contributed by atoms with E-state index in [9.17, 15) is 0 Å². The molecule has 0 N–H and O–H groups in total. The molecular weight excluding hydrogens is 204 g/mol. The van der Waals surface area contributed by atoms with E-state index in [1.807, 2.05) is 0 Å². The fourth-order valence-corrected chi connectivity index (χ4v) is 2.75. The van der Waals surface area contributed by atoms with Gasteiger partial charge in [0.1, 0.15) is 0 Å². The number of halogens is 1. The Hall–Kier alpha value is 0.290. The molecule has 0 aromatic heterocycles. The Labute approximate surface area is 102 Å². The fraction of sp³-hybridized carbons (Fsp3) is 1.00. The topological polar surface area (TPSA) is 0 Å². The van der Waals surface area contributed by atoms with Crippen molar-refractivity contribution in [1.82, 2.24) is 0 Å². The smallest absolute Gasteiger partial charge is 0.0338 e. The monoisotopic (exact) mass is 232 g/mol. The maximum absolute atomic E-state index is 6.27. The largest absolute Gasteiger partial charge is 0.123 e. The van der Waals surface area contributed by atoms with Crippen LogP contribution in [0, 0.1) is 17.8 Å². The lowest BCUT2D eigenvalue weighted by Crippen LogP contribution is -2.21. The van der Waals surface area contributed by atoms with Crippen molar-refractivity contribution in [2.75, 3.05) is 0 Å². The van der Waals surface area contributed by atoms with Gasteiger partial charge < -0.3 is 0 Å². The zero-order chi connectivity index (χ0) is 11.8. The van der Waals surface area contributed by atoms with Crippen molar-refractivity contribution in [3.8, 4) is 0 Å². The van der Waals surface area contributed by atoms with Gasteiger partial charge in [0.25, 0.3) is 0 Å². The normalized spacial score (nSPS) is 17.8. The standard InChI is InChI=1S/C14H29Cl/c1-6-8-9-13(7-2)10-14(11(3)4)12(5)15/h11-14H,6-10H2,1-5H3. The molecule has 0 radical (unpaired) electrons. The van der Waals surface area contributed by atoms with Crippen LogP contribution in [0.1, 0.15) is 66.7 Å². The van der Waals surface area contributed by atoms with E-state index in [4.69, 9.17) is 11.6 Å². The van der Waals surface area contributed by atoms with Crippen molar-refractivity contribution in [3.63, 3.8) is 0 Å². The van der Waals surface area contributed by atoms with Gasteiger partial charge in [0, 0.05) is 5.38 Å². The van der Waals surface area contributed by atoms with Crippen LogP contribution >= 0.6 is 11.6 Å². The molecule has 0 bridgehead atoms. The minimum atomic E-state index is 0.320. The third-order valence-electron chi connectivity index (χ3n) is 3.60. The van der Waals surface area contributed by atoms with Crippen molar-refractivity contribution < 1.29 is 0 Å². The van der Waals surface area contributed by atoms with Crippen molar-refractivity contribution >= 4 is 11.6 Å². The summed E-state index contributed by atoms with van der Waals surface area (Å²) in [4.78, 5) is 0. The molecule has 0 aromatic carbocycles. The van der Waals surface area contributed by atoms with E-state index < -0.39 is 0 Å². The minimum absolute atomic E-state index is 0.320. The summed E-state index contributed by atoms with van der Waals surface area (Å²) in [7, 11) is 0. The molecule has 92 valence electrons. The van der Waals surface area contributed by atoms with Gasteiger partial charge in [0.2, 0.25) is 0 Å². The average Bonchev–Trinajstić information content (AvgIpc) is 2.17. The quantitative estimate of drug-likeness (QED) is 0.486. The molecule has 0 fully saturated rings. The number of unbranched alkanes of at least 4 members (excludes halogenated alkanes) is 1. The zero-order valence-electron chi connectivity index (χ0n) is 11.2. The summed E-state index contributed by atoms with van der Waals surface area (Å²) in [6.07, 6.45) is 6.71. The summed E-state index contributed by atoms with van der Waals surface area (Å²) >= 11 is 6.27. The van der Waals surface area contributed by atoms with Crippen LogP contribution in [-0.4, -0.2) is 5.38 Å². The SMILES string of the molecule is CCCCC(CC)CC(C(C)C)C(C)Cl. The highest BCUT2D eigenvalue weighted by Gasteiger charge is 2.22. The molecule has 0 aliphatic rings. The number of alkyl halides is 1. The second-order valence-corrected chi connectivity index (χ2v) is 5.93. The predicted molar refractivity (Wildman–Crippen MR) is 71.6 cm³/mol. The van der Waals surface area contributed by atoms with E-state index in [1.165, 1.54) is 32.1 Å². The molecule has 0 aromatic rings. The summed E-state index contributed by atoms with van der Waals surface area (Å²) in [5, 5.41) is 0.320. The summed E-state index contributed by atoms with van der Waals surface area (Å²) in [5.74, 6) is 2.29. The third-order valence-corrected chi connectivity index (χ3v) is 3.92. The molecule has 0 aliphatic heterocycles. The third kappa shape index (κ3) is 6.45. The van der Waals surface area contributed by atoms with Gasteiger partial charge in [0.15, 0.2) is 0 Å². The van der Waals surface area contributed by atoms with Crippen LogP contribution in [0.15, 0.2) is 0 Å². The summed E-state index contributed by atoms with van der Waals surface area (Å²) in [6.45, 7) is 11.3. The van der Waals surface area contributed by atoms with Crippen molar-refractivity contribution in [1.29, 1.82) is 0 Å². The summed E-state index contributed by atoms with van der Waals surface area (Å²) in [6, 6.07) is 0. The lowest BCUT2D eigenvalue weighted by molar-refractivity contribution is 0.274. The van der Waals surface area contributed by atoms with Gasteiger partial charge in [-0.2, -0.15) is 0 Å². The minimum Gasteiger partial charge on any atom is -0.123 e. The van der Waals surface area contributed by atoms with E-state index >= 15 is 0 Å². The number of hydrogen-bond donors (Lipinski definition) is 0. The first kappa shape index (κ1) is 15.3. The fourth-order valence-electron chi connectivity index (χ4n) is 2.36. The van der Waals surface area contributed by atoms with Crippen LogP contribution in [0.5, 0.6) is 0 Å². The Kier molecular flexibility index (Phi) is 8.61. The second kappa shape index (κ2) is 8.44. The van der Waals surface area contributed by atoms with E-state index in [0.29, 0.717) is 17.2 Å². The van der Waals surface area contributed by atoms with E-state index in [-0.39, 0.29) is 0 Å². The molecule has 0 heterocycles. The van der Waals surface area contributed by atoms with Gasteiger partial charge in [-0.25, -0.2) is 0 Å². The van der Waals surface area contributed by atoms with Crippen molar-refractivity contribution in [2.45, 2.75) is 72.1 Å². The zero-order valence-corrected chi connectivity index (χ0v) is 12.0. The number of hydrogen-bond acceptors (Lipinski definition) is 0. The molecule has 3 atom stereocenters. The molecule has 0 aliphatic carbocycles. The lowest BCUT2D eigenvalue weighted by atomic mass is 9.81. The molecule has 0 saturated heterocycles. The molecule has 15 heavy (non-hydrogen) atoms. The van der Waals surface area contributed by atoms with E-state index in [1.54, 1.807) is 0 Å². The average molecular weight is 233 g/mol. The summed E-state index contributed by atoms with van der Waals surface area (Å²) in [5.41, 5.74) is 0. The second-order valence-electron chi connectivity index (χ2n) is 5.24. The van der Waals surface area contributed by atoms with Crippen LogP contribution in [-0.2, 0) is 0 Å². The molecule has 1 heteroatoms. The molecular formula is C14H29Cl. The van der Waals surface area contributed by atoms with E-state index in [0.717, 1.165) is 5.92 Å². The van der Waals surface area contributed by atoms with Crippen LogP contribution in [0.2, 0.25) is 0 Å².